The van der Waals surface area contributed by atoms with Gasteiger partial charge < -0.3 is 0 Å². The van der Waals surface area contributed by atoms with Crippen LogP contribution in [0.3, 0.4) is 0 Å². The third-order valence-corrected chi connectivity index (χ3v) is 0.750. The minimum absolute atomic E-state index is 0.833. The highest BCUT2D eigenvalue weighted by Gasteiger charge is 1.68. The van der Waals surface area contributed by atoms with Crippen LogP contribution in [-0.4, -0.2) is 0 Å². The molecule has 0 nitrogen and oxygen atoms in total. The number of hydrogen-bond donors (Lipinski definition) is 0. The van der Waals surface area contributed by atoms with Gasteiger partial charge in [0.05, 0.1) is 0 Å². The predicted molar refractivity (Wildman–Crippen MR) is 120 cm³/mol. The van der Waals surface area contributed by atoms with E-state index in [1.54, 1.807) is 6.92 Å². The summed E-state index contributed by atoms with van der Waals surface area (Å²) in [4.78, 5) is 0. The molecule has 23 heavy (non-hydrogen) atoms. The van der Waals surface area contributed by atoms with Gasteiger partial charge in [-0.05, 0) is 26.7 Å². The third-order valence-electron chi connectivity index (χ3n) is 0.750. The maximum absolute atomic E-state index is 4.60. The second-order valence-electron chi connectivity index (χ2n) is 3.52. The molecule has 0 fully saturated rings. The van der Waals surface area contributed by atoms with Crippen molar-refractivity contribution < 1.29 is 0 Å². The molecule has 0 rings (SSSR count). The van der Waals surface area contributed by atoms with Gasteiger partial charge in [-0.15, -0.1) is 24.2 Å². The van der Waals surface area contributed by atoms with Crippen LogP contribution < -0.4 is 0 Å². The molecule has 0 aromatic heterocycles. The summed E-state index contributed by atoms with van der Waals surface area (Å²) in [5.74, 6) is 8.44. The molecule has 146 valence electrons. The molecule has 0 aromatic rings. The molecule has 0 N–H and O–H groups in total. The lowest BCUT2D eigenvalue weighted by atomic mass is 10.3. The predicted octanol–water partition coefficient (Wildman–Crippen LogP) is 9.24. The van der Waals surface area contributed by atoms with E-state index in [-0.39, 0.29) is 0 Å². The topological polar surface area (TPSA) is 0 Å². The minimum Gasteiger partial charge on any atom is -0.120 e. The van der Waals surface area contributed by atoms with Crippen molar-refractivity contribution in [3.8, 4) is 24.2 Å². The fraction of sp³-hybridized carbons (Fsp3) is 0.826. The zero-order valence-electron chi connectivity index (χ0n) is 20.1. The normalized spacial score (nSPS) is 4.87. The van der Waals surface area contributed by atoms with Crippen LogP contribution in [0.1, 0.15) is 124 Å². The first-order valence-corrected chi connectivity index (χ1v) is 9.68. The van der Waals surface area contributed by atoms with Crippen LogP contribution in [-0.2, 0) is 0 Å². The Morgan fingerprint density at radius 1 is 0.609 bits per heavy atom. The molecule has 0 atom stereocenters. The van der Waals surface area contributed by atoms with Gasteiger partial charge in [-0.1, -0.05) is 103 Å². The Kier molecular flexibility index (Phi) is 363. The highest BCUT2D eigenvalue weighted by atomic mass is 13.7. The van der Waals surface area contributed by atoms with E-state index in [9.17, 15) is 0 Å². The van der Waals surface area contributed by atoms with Gasteiger partial charge in [0.1, 0.15) is 0 Å². The Morgan fingerprint density at radius 2 is 0.696 bits per heavy atom. The zero-order valence-corrected chi connectivity index (χ0v) is 20.1. The molecule has 0 aliphatic carbocycles. The molecule has 0 aromatic carbocycles. The zero-order chi connectivity index (χ0) is 21.1. The van der Waals surface area contributed by atoms with Crippen LogP contribution in [0.2, 0.25) is 0 Å². The molecule has 0 heterocycles. The lowest BCUT2D eigenvalue weighted by Crippen LogP contribution is -1.66. The van der Waals surface area contributed by atoms with Crippen molar-refractivity contribution >= 4 is 0 Å². The average Bonchev–Trinajstić information content (AvgIpc) is 2.62. The van der Waals surface area contributed by atoms with Crippen molar-refractivity contribution in [1.29, 1.82) is 0 Å². The van der Waals surface area contributed by atoms with Crippen LogP contribution in [0.4, 0.5) is 0 Å². The molecule has 0 aliphatic rings. The molecule has 0 amide bonds. The van der Waals surface area contributed by atoms with Crippen molar-refractivity contribution in [3.63, 3.8) is 0 Å². The molecular weight excluding hydrogens is 276 g/mol. The number of rotatable bonds is 1. The van der Waals surface area contributed by atoms with Crippen LogP contribution in [0.5, 0.6) is 0 Å². The summed E-state index contributed by atoms with van der Waals surface area (Å²) < 4.78 is 0. The Balaban J connectivity index is -0.0000000191. The maximum atomic E-state index is 4.60. The summed E-state index contributed by atoms with van der Waals surface area (Å²) in [5, 5.41) is 0. The lowest BCUT2D eigenvalue weighted by molar-refractivity contribution is 0.737. The smallest absolute Gasteiger partial charge is 0.00271 e. The van der Waals surface area contributed by atoms with Gasteiger partial charge in [0, 0.05) is 0 Å². The third kappa shape index (κ3) is 6160. The average molecular weight is 331 g/mol. The number of unbranched alkanes of at least 4 members (excludes halogenated alkanes) is 1. The van der Waals surface area contributed by atoms with E-state index in [0.717, 1.165) is 5.92 Å². The summed E-state index contributed by atoms with van der Waals surface area (Å²) >= 11 is 0. The van der Waals surface area contributed by atoms with Gasteiger partial charge in [0.15, 0.2) is 0 Å². The van der Waals surface area contributed by atoms with Gasteiger partial charge in [-0.2, -0.15) is 0 Å². The van der Waals surface area contributed by atoms with E-state index in [1.165, 1.54) is 12.8 Å². The summed E-state index contributed by atoms with van der Waals surface area (Å²) in [6.07, 6.45) is 7.24. The lowest BCUT2D eigenvalue weighted by Gasteiger charge is -1.79. The van der Waals surface area contributed by atoms with E-state index in [4.69, 9.17) is 0 Å². The molecule has 0 saturated heterocycles. The Labute approximate surface area is 154 Å². The molecule has 0 bridgehead atoms. The second kappa shape index (κ2) is 169. The molecular formula is C23H54. The quantitative estimate of drug-likeness (QED) is 0.420. The van der Waals surface area contributed by atoms with E-state index >= 15 is 0 Å². The first kappa shape index (κ1) is 49.5. The Morgan fingerprint density at radius 3 is 0.696 bits per heavy atom. The number of hydrogen-bond acceptors (Lipinski definition) is 0. The van der Waals surface area contributed by atoms with E-state index in [2.05, 4.69) is 58.8 Å². The SMILES string of the molecule is C#CC.CC.CC.CC.CC.CC#CC.CC(C)C.CCCC. The standard InChI is InChI=1S/2C4H10.C4H6.C3H4.4C2H6/c1-4(2)3;2*1-3-4-2;1-3-2;4*1-2/h4H,1-3H3;3-4H2,1-2H3;1-2H3;1H,2H3;4*1-2H3. The first-order valence-electron chi connectivity index (χ1n) is 9.68. The van der Waals surface area contributed by atoms with Crippen LogP contribution in [0.15, 0.2) is 0 Å². The van der Waals surface area contributed by atoms with Crippen molar-refractivity contribution in [2.24, 2.45) is 5.92 Å². The highest BCUT2D eigenvalue weighted by molar-refractivity contribution is 4.89. The van der Waals surface area contributed by atoms with Crippen molar-refractivity contribution in [2.75, 3.05) is 0 Å². The molecule has 0 unspecified atom stereocenters. The summed E-state index contributed by atoms with van der Waals surface area (Å²) in [7, 11) is 0. The molecule has 0 spiro atoms. The van der Waals surface area contributed by atoms with Crippen LogP contribution in [0.25, 0.3) is 0 Å². The van der Waals surface area contributed by atoms with Gasteiger partial charge in [0.2, 0.25) is 0 Å². The van der Waals surface area contributed by atoms with Gasteiger partial charge in [-0.25, -0.2) is 0 Å². The molecule has 0 aliphatic heterocycles. The molecule has 0 heteroatoms. The molecule has 0 saturated carbocycles. The Hall–Kier alpha value is -0.880. The van der Waals surface area contributed by atoms with Gasteiger partial charge >= 0.3 is 0 Å². The van der Waals surface area contributed by atoms with Crippen molar-refractivity contribution in [2.45, 2.75) is 124 Å². The fourth-order valence-corrected chi connectivity index (χ4v) is 0. The van der Waals surface area contributed by atoms with E-state index < -0.39 is 0 Å². The van der Waals surface area contributed by atoms with Gasteiger partial charge in [-0.3, -0.25) is 0 Å². The largest absolute Gasteiger partial charge is 0.120 e. The highest BCUT2D eigenvalue weighted by Crippen LogP contribution is 1.81. The first-order chi connectivity index (χ1) is 11.0. The second-order valence-corrected chi connectivity index (χ2v) is 3.52. The van der Waals surface area contributed by atoms with E-state index in [1.807, 2.05) is 69.2 Å². The monoisotopic (exact) mass is 330 g/mol. The Bertz CT molecular complexity index is 136. The van der Waals surface area contributed by atoms with Crippen molar-refractivity contribution in [3.05, 3.63) is 0 Å². The van der Waals surface area contributed by atoms with E-state index in [0.29, 0.717) is 0 Å². The van der Waals surface area contributed by atoms with Gasteiger partial charge in [0.25, 0.3) is 0 Å². The minimum atomic E-state index is 0.833. The van der Waals surface area contributed by atoms with Crippen molar-refractivity contribution in [1.82, 2.24) is 0 Å². The maximum Gasteiger partial charge on any atom is -0.00271 e. The molecule has 0 radical (unpaired) electrons. The van der Waals surface area contributed by atoms with Crippen LogP contribution in [0, 0.1) is 30.1 Å². The summed E-state index contributed by atoms with van der Waals surface area (Å²) in [5.41, 5.74) is 0. The summed E-state index contributed by atoms with van der Waals surface area (Å²) in [6, 6.07) is 0. The fourth-order valence-electron chi connectivity index (χ4n) is 0. The van der Waals surface area contributed by atoms with Crippen LogP contribution >= 0.6 is 0 Å². The summed E-state index contributed by atoms with van der Waals surface area (Å²) in [6.45, 7) is 32.2. The number of terminal acetylenes is 1.